The number of aromatic nitrogens is 1. The SMILES string of the molecule is CNc1nc(N(C)C)cc(N2CCC[C@@H](NC(=O)OC(C)(C)C)C2)c1N. The van der Waals surface area contributed by atoms with Gasteiger partial charge in [-0.3, -0.25) is 0 Å². The van der Waals surface area contributed by atoms with Crippen molar-refractivity contribution in [3.8, 4) is 0 Å². The number of hydrogen-bond donors (Lipinski definition) is 3. The molecule has 146 valence electrons. The fourth-order valence-electron chi connectivity index (χ4n) is 3.00. The van der Waals surface area contributed by atoms with Gasteiger partial charge in [-0.25, -0.2) is 9.78 Å². The lowest BCUT2D eigenvalue weighted by molar-refractivity contribution is 0.0500. The van der Waals surface area contributed by atoms with Crippen LogP contribution in [0.25, 0.3) is 0 Å². The standard InChI is InChI=1S/C18H32N6O2/c1-18(2,3)26-17(25)21-12-8-7-9-24(11-12)13-10-14(23(5)6)22-16(20-4)15(13)19/h10,12H,7-9,11,19H2,1-6H3,(H,20,22)(H,21,25)/t12-/m1/s1. The van der Waals surface area contributed by atoms with Crippen LogP contribution in [0.1, 0.15) is 33.6 Å². The molecule has 0 bridgehead atoms. The van der Waals surface area contributed by atoms with Crippen LogP contribution in [0.5, 0.6) is 0 Å². The smallest absolute Gasteiger partial charge is 0.407 e. The summed E-state index contributed by atoms with van der Waals surface area (Å²) in [7, 11) is 5.71. The van der Waals surface area contributed by atoms with E-state index in [0.29, 0.717) is 18.1 Å². The molecule has 8 heteroatoms. The fraction of sp³-hybridized carbons (Fsp3) is 0.667. The molecule has 0 radical (unpaired) electrons. The van der Waals surface area contributed by atoms with E-state index in [1.807, 2.05) is 52.9 Å². The van der Waals surface area contributed by atoms with Crippen LogP contribution >= 0.6 is 0 Å². The first kappa shape index (κ1) is 19.9. The van der Waals surface area contributed by atoms with Gasteiger partial charge in [0.15, 0.2) is 5.82 Å². The molecule has 2 rings (SSSR count). The number of nitrogens with two attached hydrogens (primary N) is 1. The highest BCUT2D eigenvalue weighted by molar-refractivity contribution is 5.81. The highest BCUT2D eigenvalue weighted by Gasteiger charge is 2.26. The van der Waals surface area contributed by atoms with Gasteiger partial charge in [-0.2, -0.15) is 0 Å². The Kier molecular flexibility index (Phi) is 6.05. The number of ether oxygens (including phenoxy) is 1. The molecule has 1 atom stereocenters. The van der Waals surface area contributed by atoms with Crippen molar-refractivity contribution in [1.82, 2.24) is 10.3 Å². The van der Waals surface area contributed by atoms with Crippen LogP contribution in [0.15, 0.2) is 6.07 Å². The van der Waals surface area contributed by atoms with Crippen LogP contribution in [0.3, 0.4) is 0 Å². The summed E-state index contributed by atoms with van der Waals surface area (Å²) < 4.78 is 5.37. The van der Waals surface area contributed by atoms with E-state index in [-0.39, 0.29) is 12.1 Å². The van der Waals surface area contributed by atoms with Gasteiger partial charge in [0.2, 0.25) is 0 Å². The van der Waals surface area contributed by atoms with Crippen LogP contribution in [0.2, 0.25) is 0 Å². The molecule has 0 unspecified atom stereocenters. The lowest BCUT2D eigenvalue weighted by atomic mass is 10.0. The second-order valence-electron chi connectivity index (χ2n) is 7.84. The Balaban J connectivity index is 2.16. The van der Waals surface area contributed by atoms with Crippen molar-refractivity contribution in [2.24, 2.45) is 0 Å². The minimum atomic E-state index is -0.504. The second-order valence-corrected chi connectivity index (χ2v) is 7.84. The molecule has 8 nitrogen and oxygen atoms in total. The average molecular weight is 364 g/mol. The molecule has 0 spiro atoms. The Hall–Kier alpha value is -2.38. The summed E-state index contributed by atoms with van der Waals surface area (Å²) in [5, 5.41) is 6.04. The van der Waals surface area contributed by atoms with E-state index >= 15 is 0 Å². The third-order valence-corrected chi connectivity index (χ3v) is 4.20. The van der Waals surface area contributed by atoms with Gasteiger partial charge in [-0.1, -0.05) is 0 Å². The lowest BCUT2D eigenvalue weighted by Gasteiger charge is -2.36. The third kappa shape index (κ3) is 5.06. The average Bonchev–Trinajstić information content (AvgIpc) is 2.53. The molecule has 1 fully saturated rings. The maximum Gasteiger partial charge on any atom is 0.407 e. The first-order chi connectivity index (χ1) is 12.1. The monoisotopic (exact) mass is 364 g/mol. The van der Waals surface area contributed by atoms with Gasteiger partial charge in [0, 0.05) is 46.3 Å². The molecule has 1 amide bonds. The normalized spacial score (nSPS) is 17.6. The minimum Gasteiger partial charge on any atom is -0.444 e. The van der Waals surface area contributed by atoms with Crippen LogP contribution in [0, 0.1) is 0 Å². The number of alkyl carbamates (subject to hydrolysis) is 1. The number of rotatable bonds is 4. The van der Waals surface area contributed by atoms with Crippen LogP contribution in [-0.4, -0.2) is 57.0 Å². The predicted molar refractivity (Wildman–Crippen MR) is 107 cm³/mol. The van der Waals surface area contributed by atoms with Gasteiger partial charge in [0.25, 0.3) is 0 Å². The van der Waals surface area contributed by atoms with Crippen molar-refractivity contribution in [3.63, 3.8) is 0 Å². The lowest BCUT2D eigenvalue weighted by Crippen LogP contribution is -2.49. The molecule has 1 aliphatic rings. The van der Waals surface area contributed by atoms with Gasteiger partial charge in [0.1, 0.15) is 11.4 Å². The second kappa shape index (κ2) is 7.88. The Morgan fingerprint density at radius 2 is 2.12 bits per heavy atom. The maximum atomic E-state index is 12.1. The molecule has 1 aliphatic heterocycles. The van der Waals surface area contributed by atoms with Gasteiger partial charge >= 0.3 is 6.09 Å². The molecular formula is C18H32N6O2. The highest BCUT2D eigenvalue weighted by atomic mass is 16.6. The molecule has 1 saturated heterocycles. The molecular weight excluding hydrogens is 332 g/mol. The Morgan fingerprint density at radius 1 is 1.42 bits per heavy atom. The number of nitrogens with one attached hydrogen (secondary N) is 2. The van der Waals surface area contributed by atoms with Crippen LogP contribution in [0.4, 0.5) is 27.8 Å². The number of hydrogen-bond acceptors (Lipinski definition) is 7. The zero-order valence-corrected chi connectivity index (χ0v) is 16.7. The van der Waals surface area contributed by atoms with Crippen molar-refractivity contribution >= 4 is 29.1 Å². The number of pyridine rings is 1. The summed E-state index contributed by atoms with van der Waals surface area (Å²) in [5.41, 5.74) is 7.38. The summed E-state index contributed by atoms with van der Waals surface area (Å²) in [6.07, 6.45) is 1.51. The zero-order valence-electron chi connectivity index (χ0n) is 16.7. The van der Waals surface area contributed by atoms with E-state index in [4.69, 9.17) is 10.5 Å². The number of nitrogens with zero attached hydrogens (tertiary/aromatic N) is 3. The van der Waals surface area contributed by atoms with E-state index in [2.05, 4.69) is 20.5 Å². The Bertz CT molecular complexity index is 641. The van der Waals surface area contributed by atoms with Crippen molar-refractivity contribution in [1.29, 1.82) is 0 Å². The van der Waals surface area contributed by atoms with E-state index in [9.17, 15) is 4.79 Å². The minimum absolute atomic E-state index is 0.0204. The van der Waals surface area contributed by atoms with Crippen molar-refractivity contribution < 1.29 is 9.53 Å². The highest BCUT2D eigenvalue weighted by Crippen LogP contribution is 2.34. The van der Waals surface area contributed by atoms with Crippen molar-refractivity contribution in [2.75, 3.05) is 55.1 Å². The van der Waals surface area contributed by atoms with Crippen molar-refractivity contribution in [3.05, 3.63) is 6.07 Å². The zero-order chi connectivity index (χ0) is 19.5. The van der Waals surface area contributed by atoms with E-state index in [1.165, 1.54) is 0 Å². The molecule has 0 aliphatic carbocycles. The maximum absolute atomic E-state index is 12.1. The molecule has 4 N–H and O–H groups in total. The summed E-state index contributed by atoms with van der Waals surface area (Å²) in [6, 6.07) is 2.01. The summed E-state index contributed by atoms with van der Waals surface area (Å²) in [6.45, 7) is 7.15. The number of carbonyl (C=O) groups is 1. The van der Waals surface area contributed by atoms with Gasteiger partial charge in [-0.15, -0.1) is 0 Å². The molecule has 26 heavy (non-hydrogen) atoms. The number of carbonyl (C=O) groups excluding carboxylic acids is 1. The quantitative estimate of drug-likeness (QED) is 0.754. The first-order valence-corrected chi connectivity index (χ1v) is 9.00. The predicted octanol–water partition coefficient (Wildman–Crippen LogP) is 2.26. The fourth-order valence-corrected chi connectivity index (χ4v) is 3.00. The molecule has 1 aromatic rings. The van der Waals surface area contributed by atoms with Gasteiger partial charge in [-0.05, 0) is 33.6 Å². The summed E-state index contributed by atoms with van der Waals surface area (Å²) >= 11 is 0. The number of nitrogen functional groups attached to an aromatic ring is 1. The number of piperidine rings is 1. The molecule has 2 heterocycles. The van der Waals surface area contributed by atoms with Gasteiger partial charge in [0.05, 0.1) is 11.4 Å². The van der Waals surface area contributed by atoms with Gasteiger partial charge < -0.3 is 30.9 Å². The summed E-state index contributed by atoms with van der Waals surface area (Å²) in [5.74, 6) is 1.49. The number of amides is 1. The van der Waals surface area contributed by atoms with Crippen molar-refractivity contribution in [2.45, 2.75) is 45.3 Å². The third-order valence-electron chi connectivity index (χ3n) is 4.20. The topological polar surface area (TPSA) is 95.8 Å². The Labute approximate surface area is 156 Å². The number of anilines is 4. The summed E-state index contributed by atoms with van der Waals surface area (Å²) in [4.78, 5) is 20.8. The van der Waals surface area contributed by atoms with E-state index in [1.54, 1.807) is 0 Å². The van der Waals surface area contributed by atoms with Crippen LogP contribution < -0.4 is 26.2 Å². The van der Waals surface area contributed by atoms with Crippen LogP contribution in [-0.2, 0) is 4.74 Å². The van der Waals surface area contributed by atoms with E-state index < -0.39 is 5.60 Å². The molecule has 0 aromatic carbocycles. The largest absolute Gasteiger partial charge is 0.444 e. The molecule has 1 aromatic heterocycles. The first-order valence-electron chi connectivity index (χ1n) is 9.00. The Morgan fingerprint density at radius 3 is 2.69 bits per heavy atom. The molecule has 0 saturated carbocycles. The van der Waals surface area contributed by atoms with E-state index in [0.717, 1.165) is 30.9 Å².